The van der Waals surface area contributed by atoms with Crippen LogP contribution < -0.4 is 5.32 Å². The molecule has 3 heteroatoms. The second kappa shape index (κ2) is 6.72. The number of pyridine rings is 1. The molecule has 1 N–H and O–H groups in total. The van der Waals surface area contributed by atoms with Crippen molar-refractivity contribution in [2.75, 3.05) is 26.2 Å². The largest absolute Gasteiger partial charge is 0.314 e. The lowest BCUT2D eigenvalue weighted by Crippen LogP contribution is -2.45. The van der Waals surface area contributed by atoms with Gasteiger partial charge >= 0.3 is 0 Å². The molecule has 2 rings (SSSR count). The maximum atomic E-state index is 4.12. The summed E-state index contributed by atoms with van der Waals surface area (Å²) in [5, 5.41) is 3.42. The van der Waals surface area contributed by atoms with Gasteiger partial charge in [-0.3, -0.25) is 9.88 Å². The summed E-state index contributed by atoms with van der Waals surface area (Å²) < 4.78 is 0. The number of aromatic nitrogens is 1. The molecule has 2 heterocycles. The van der Waals surface area contributed by atoms with E-state index in [9.17, 15) is 0 Å². The molecular formula is C14H23N3. The van der Waals surface area contributed by atoms with E-state index in [0.717, 1.165) is 26.2 Å². The molecule has 1 unspecified atom stereocenters. The number of unbranched alkanes of at least 4 members (excludes halogenated alkanes) is 1. The van der Waals surface area contributed by atoms with Crippen LogP contribution in [0.15, 0.2) is 24.5 Å². The van der Waals surface area contributed by atoms with Crippen LogP contribution in [0.25, 0.3) is 0 Å². The highest BCUT2D eigenvalue weighted by molar-refractivity contribution is 5.15. The van der Waals surface area contributed by atoms with Gasteiger partial charge < -0.3 is 5.32 Å². The number of hydrogen-bond donors (Lipinski definition) is 1. The van der Waals surface area contributed by atoms with E-state index in [2.05, 4.69) is 34.3 Å². The highest BCUT2D eigenvalue weighted by Crippen LogP contribution is 2.26. The van der Waals surface area contributed by atoms with Crippen molar-refractivity contribution in [3.8, 4) is 0 Å². The Labute approximate surface area is 104 Å². The molecule has 1 saturated heterocycles. The average molecular weight is 233 g/mol. The summed E-state index contributed by atoms with van der Waals surface area (Å²) in [6.45, 7) is 6.83. The fourth-order valence-electron chi connectivity index (χ4n) is 2.54. The minimum atomic E-state index is 0.583. The third-order valence-electron chi connectivity index (χ3n) is 3.51. The van der Waals surface area contributed by atoms with Gasteiger partial charge in [0.1, 0.15) is 0 Å². The van der Waals surface area contributed by atoms with E-state index in [4.69, 9.17) is 0 Å². The van der Waals surface area contributed by atoms with E-state index in [1.54, 1.807) is 0 Å². The Morgan fingerprint density at radius 2 is 2.00 bits per heavy atom. The molecule has 0 saturated carbocycles. The van der Waals surface area contributed by atoms with E-state index in [-0.39, 0.29) is 0 Å². The molecule has 0 radical (unpaired) electrons. The minimum absolute atomic E-state index is 0.583. The van der Waals surface area contributed by atoms with Crippen LogP contribution >= 0.6 is 0 Å². The smallest absolute Gasteiger partial charge is 0.0350 e. The van der Waals surface area contributed by atoms with Crippen LogP contribution in [0.3, 0.4) is 0 Å². The summed E-state index contributed by atoms with van der Waals surface area (Å²) in [5.41, 5.74) is 1.43. The van der Waals surface area contributed by atoms with Crippen molar-refractivity contribution < 1.29 is 0 Å². The van der Waals surface area contributed by atoms with Gasteiger partial charge in [-0.05, 0) is 24.1 Å². The predicted molar refractivity (Wildman–Crippen MR) is 70.9 cm³/mol. The molecule has 94 valence electrons. The van der Waals surface area contributed by atoms with E-state index < -0.39 is 0 Å². The monoisotopic (exact) mass is 233 g/mol. The second-order valence-corrected chi connectivity index (χ2v) is 4.72. The summed E-state index contributed by atoms with van der Waals surface area (Å²) in [6.07, 6.45) is 7.66. The number of rotatable bonds is 5. The predicted octanol–water partition coefficient (Wildman–Crippen LogP) is 2.22. The van der Waals surface area contributed by atoms with Crippen LogP contribution in [0.2, 0.25) is 0 Å². The van der Waals surface area contributed by atoms with Gasteiger partial charge in [-0.15, -0.1) is 0 Å². The summed E-state index contributed by atoms with van der Waals surface area (Å²) in [6, 6.07) is 4.92. The Hall–Kier alpha value is -0.930. The van der Waals surface area contributed by atoms with Gasteiger partial charge in [0.25, 0.3) is 0 Å². The molecule has 17 heavy (non-hydrogen) atoms. The lowest BCUT2D eigenvalue weighted by molar-refractivity contribution is 0.163. The van der Waals surface area contributed by atoms with Crippen molar-refractivity contribution in [3.63, 3.8) is 0 Å². The summed E-state index contributed by atoms with van der Waals surface area (Å²) >= 11 is 0. The van der Waals surface area contributed by atoms with Crippen LogP contribution in [0, 0.1) is 0 Å². The van der Waals surface area contributed by atoms with Crippen molar-refractivity contribution >= 4 is 0 Å². The van der Waals surface area contributed by atoms with Crippen LogP contribution in [0.1, 0.15) is 37.8 Å². The lowest BCUT2D eigenvalue weighted by Gasteiger charge is -2.35. The zero-order valence-corrected chi connectivity index (χ0v) is 10.7. The average Bonchev–Trinajstić information content (AvgIpc) is 2.42. The van der Waals surface area contributed by atoms with Crippen LogP contribution in [0.4, 0.5) is 0 Å². The summed E-state index contributed by atoms with van der Waals surface area (Å²) in [5.74, 6) is 0. The highest BCUT2D eigenvalue weighted by atomic mass is 15.2. The first-order chi connectivity index (χ1) is 8.42. The Morgan fingerprint density at radius 1 is 1.29 bits per heavy atom. The fourth-order valence-corrected chi connectivity index (χ4v) is 2.54. The molecule has 1 aromatic heterocycles. The van der Waals surface area contributed by atoms with Crippen molar-refractivity contribution in [1.29, 1.82) is 0 Å². The lowest BCUT2D eigenvalue weighted by atomic mass is 10.00. The normalized spacial score (nSPS) is 19.1. The Morgan fingerprint density at radius 3 is 2.65 bits per heavy atom. The van der Waals surface area contributed by atoms with Gasteiger partial charge in [-0.25, -0.2) is 0 Å². The van der Waals surface area contributed by atoms with Gasteiger partial charge in [0.2, 0.25) is 0 Å². The minimum Gasteiger partial charge on any atom is -0.314 e. The fraction of sp³-hybridized carbons (Fsp3) is 0.643. The molecule has 1 aliphatic heterocycles. The summed E-state index contributed by atoms with van der Waals surface area (Å²) in [4.78, 5) is 6.73. The second-order valence-electron chi connectivity index (χ2n) is 4.72. The quantitative estimate of drug-likeness (QED) is 0.845. The van der Waals surface area contributed by atoms with Crippen molar-refractivity contribution in [1.82, 2.24) is 15.2 Å². The van der Waals surface area contributed by atoms with Crippen LogP contribution in [0.5, 0.6) is 0 Å². The molecule has 0 spiro atoms. The van der Waals surface area contributed by atoms with Gasteiger partial charge in [-0.1, -0.05) is 19.8 Å². The maximum absolute atomic E-state index is 4.12. The van der Waals surface area contributed by atoms with E-state index >= 15 is 0 Å². The highest BCUT2D eigenvalue weighted by Gasteiger charge is 2.21. The number of piperazine rings is 1. The van der Waals surface area contributed by atoms with Crippen LogP contribution in [-0.4, -0.2) is 36.1 Å². The molecule has 0 aliphatic carbocycles. The molecule has 1 fully saturated rings. The van der Waals surface area contributed by atoms with Gasteiger partial charge in [0.15, 0.2) is 0 Å². The van der Waals surface area contributed by atoms with E-state index in [1.807, 2.05) is 12.4 Å². The van der Waals surface area contributed by atoms with E-state index in [1.165, 1.54) is 24.8 Å². The van der Waals surface area contributed by atoms with Crippen molar-refractivity contribution in [2.24, 2.45) is 0 Å². The molecule has 1 atom stereocenters. The van der Waals surface area contributed by atoms with Crippen LogP contribution in [-0.2, 0) is 0 Å². The van der Waals surface area contributed by atoms with E-state index in [0.29, 0.717) is 6.04 Å². The number of hydrogen-bond acceptors (Lipinski definition) is 3. The molecule has 3 nitrogen and oxygen atoms in total. The SMILES string of the molecule is CCCCC(c1ccncc1)N1CCNCC1. The summed E-state index contributed by atoms with van der Waals surface area (Å²) in [7, 11) is 0. The molecule has 0 bridgehead atoms. The zero-order chi connectivity index (χ0) is 11.9. The van der Waals surface area contributed by atoms with Gasteiger partial charge in [0.05, 0.1) is 0 Å². The Balaban J connectivity index is 2.06. The maximum Gasteiger partial charge on any atom is 0.0350 e. The number of nitrogens with one attached hydrogen (secondary N) is 1. The third kappa shape index (κ3) is 3.51. The standard InChI is InChI=1S/C14H23N3/c1-2-3-4-14(13-5-7-15-8-6-13)17-11-9-16-10-12-17/h5-8,14,16H,2-4,9-12H2,1H3. The first-order valence-corrected chi connectivity index (χ1v) is 6.76. The molecule has 1 aliphatic rings. The first kappa shape index (κ1) is 12.5. The molecule has 1 aromatic rings. The molecular weight excluding hydrogens is 210 g/mol. The Kier molecular flexibility index (Phi) is 4.95. The van der Waals surface area contributed by atoms with Gasteiger partial charge in [-0.2, -0.15) is 0 Å². The molecule has 0 aromatic carbocycles. The topological polar surface area (TPSA) is 28.2 Å². The van der Waals surface area contributed by atoms with Crippen molar-refractivity contribution in [3.05, 3.63) is 30.1 Å². The zero-order valence-electron chi connectivity index (χ0n) is 10.7. The van der Waals surface area contributed by atoms with Gasteiger partial charge in [0, 0.05) is 44.6 Å². The Bertz CT molecular complexity index is 307. The number of nitrogens with zero attached hydrogens (tertiary/aromatic N) is 2. The first-order valence-electron chi connectivity index (χ1n) is 6.76. The molecule has 0 amide bonds. The van der Waals surface area contributed by atoms with Crippen molar-refractivity contribution in [2.45, 2.75) is 32.2 Å². The third-order valence-corrected chi connectivity index (χ3v) is 3.51.